The van der Waals surface area contributed by atoms with Crippen LogP contribution in [0.2, 0.25) is 0 Å². The molecule has 0 fully saturated rings. The van der Waals surface area contributed by atoms with Gasteiger partial charge in [-0.2, -0.15) is 0 Å². The highest BCUT2D eigenvalue weighted by atomic mass is 16.3. The number of nitrogens with zero attached hydrogens (tertiary/aromatic N) is 3. The van der Waals surface area contributed by atoms with Gasteiger partial charge in [0.1, 0.15) is 29.3 Å². The number of hydrogen-bond acceptors (Lipinski definition) is 6. The quantitative estimate of drug-likeness (QED) is 0.375. The zero-order chi connectivity index (χ0) is 23.2. The number of aryl methyl sites for hydroxylation is 1. The van der Waals surface area contributed by atoms with Crippen molar-refractivity contribution in [2.45, 2.75) is 13.3 Å². The number of aromatic nitrogens is 4. The lowest BCUT2D eigenvalue weighted by molar-refractivity contribution is 0.531. The van der Waals surface area contributed by atoms with E-state index in [2.05, 4.69) is 15.2 Å². The Morgan fingerprint density at radius 3 is 2.65 bits per heavy atom. The molecule has 0 bridgehead atoms. The molecule has 2 N–H and O–H groups in total. The molecular formula is C26H19N5O3. The maximum Gasteiger partial charge on any atom is 0.221 e. The number of benzene rings is 2. The molecule has 34 heavy (non-hydrogen) atoms. The SMILES string of the molecule is CCc1cc2c(=O)c(-c3nncn3-c3ccccc3)coc2c2cc(-c3ccc[nH]3)c(=N)oc12. The molecule has 166 valence electrons. The van der Waals surface area contributed by atoms with Gasteiger partial charge in [-0.25, -0.2) is 0 Å². The van der Waals surface area contributed by atoms with Crippen molar-refractivity contribution in [3.05, 3.63) is 94.7 Å². The van der Waals surface area contributed by atoms with Crippen LogP contribution in [0.25, 0.3) is 50.3 Å². The second-order valence-corrected chi connectivity index (χ2v) is 7.92. The normalized spacial score (nSPS) is 11.4. The summed E-state index contributed by atoms with van der Waals surface area (Å²) in [5.74, 6) is 0.401. The number of H-pyrrole nitrogens is 1. The fraction of sp³-hybridized carbons (Fsp3) is 0.0769. The highest BCUT2D eigenvalue weighted by Gasteiger charge is 2.20. The third kappa shape index (κ3) is 3.00. The fourth-order valence-corrected chi connectivity index (χ4v) is 4.27. The van der Waals surface area contributed by atoms with Crippen molar-refractivity contribution in [3.63, 3.8) is 0 Å². The summed E-state index contributed by atoms with van der Waals surface area (Å²) in [5.41, 5.74) is 4.09. The summed E-state index contributed by atoms with van der Waals surface area (Å²) in [4.78, 5) is 16.8. The van der Waals surface area contributed by atoms with Crippen molar-refractivity contribution < 1.29 is 8.83 Å². The van der Waals surface area contributed by atoms with Gasteiger partial charge < -0.3 is 13.8 Å². The molecule has 6 aromatic rings. The third-order valence-corrected chi connectivity index (χ3v) is 5.96. The first kappa shape index (κ1) is 19.9. The van der Waals surface area contributed by atoms with Gasteiger partial charge in [-0.15, -0.1) is 10.2 Å². The van der Waals surface area contributed by atoms with Crippen LogP contribution in [0.4, 0.5) is 0 Å². The van der Waals surface area contributed by atoms with Gasteiger partial charge in [0.25, 0.3) is 0 Å². The monoisotopic (exact) mass is 449 g/mol. The van der Waals surface area contributed by atoms with Gasteiger partial charge in [0, 0.05) is 11.9 Å². The lowest BCUT2D eigenvalue weighted by Crippen LogP contribution is -2.10. The number of fused-ring (bicyclic) bond motifs is 3. The smallest absolute Gasteiger partial charge is 0.221 e. The average Bonchev–Trinajstić information content (AvgIpc) is 3.57. The van der Waals surface area contributed by atoms with Crippen LogP contribution < -0.4 is 11.0 Å². The molecule has 0 spiro atoms. The Bertz CT molecular complexity index is 1780. The minimum Gasteiger partial charge on any atom is -0.463 e. The average molecular weight is 449 g/mol. The highest BCUT2D eigenvalue weighted by molar-refractivity contribution is 6.05. The molecule has 2 aromatic carbocycles. The van der Waals surface area contributed by atoms with Crippen molar-refractivity contribution in [1.82, 2.24) is 19.7 Å². The summed E-state index contributed by atoms with van der Waals surface area (Å²) in [5, 5.41) is 17.7. The molecule has 4 heterocycles. The summed E-state index contributed by atoms with van der Waals surface area (Å²) in [6.45, 7) is 1.98. The van der Waals surface area contributed by atoms with E-state index in [1.807, 2.05) is 55.5 Å². The minimum absolute atomic E-state index is 0.0407. The first-order chi connectivity index (χ1) is 16.7. The lowest BCUT2D eigenvalue weighted by Gasteiger charge is -2.10. The van der Waals surface area contributed by atoms with E-state index in [1.54, 1.807) is 23.2 Å². The van der Waals surface area contributed by atoms with Crippen molar-refractivity contribution in [2.75, 3.05) is 0 Å². The van der Waals surface area contributed by atoms with Crippen LogP contribution in [0.3, 0.4) is 0 Å². The fourth-order valence-electron chi connectivity index (χ4n) is 4.27. The Morgan fingerprint density at radius 1 is 1.03 bits per heavy atom. The summed E-state index contributed by atoms with van der Waals surface area (Å²) in [6.07, 6.45) is 5.40. The second kappa shape index (κ2) is 7.70. The van der Waals surface area contributed by atoms with Crippen LogP contribution in [0, 0.1) is 5.41 Å². The molecule has 0 unspecified atom stereocenters. The molecule has 0 radical (unpaired) electrons. The van der Waals surface area contributed by atoms with Crippen LogP contribution in [-0.4, -0.2) is 19.7 Å². The number of aromatic amines is 1. The molecule has 8 nitrogen and oxygen atoms in total. The Hall–Kier alpha value is -4.72. The summed E-state index contributed by atoms with van der Waals surface area (Å²) in [7, 11) is 0. The van der Waals surface area contributed by atoms with Crippen LogP contribution in [0.1, 0.15) is 12.5 Å². The minimum atomic E-state index is -0.209. The number of rotatable bonds is 4. The van der Waals surface area contributed by atoms with E-state index in [4.69, 9.17) is 14.2 Å². The Balaban J connectivity index is 1.64. The summed E-state index contributed by atoms with van der Waals surface area (Å²) < 4.78 is 13.7. The van der Waals surface area contributed by atoms with E-state index in [0.717, 1.165) is 16.9 Å². The van der Waals surface area contributed by atoms with Gasteiger partial charge in [-0.1, -0.05) is 25.1 Å². The van der Waals surface area contributed by atoms with Gasteiger partial charge in [0.2, 0.25) is 11.0 Å². The van der Waals surface area contributed by atoms with Gasteiger partial charge in [-0.05, 0) is 48.4 Å². The van der Waals surface area contributed by atoms with Crippen molar-refractivity contribution in [2.24, 2.45) is 0 Å². The molecule has 0 amide bonds. The maximum absolute atomic E-state index is 13.7. The van der Waals surface area contributed by atoms with E-state index >= 15 is 0 Å². The Morgan fingerprint density at radius 2 is 1.88 bits per heavy atom. The standard InChI is InChI=1S/C26H19N5O3/c1-2-15-11-18-22(32)20(26-30-29-14-31(26)16-7-4-3-5-8-16)13-33-24(18)19-12-17(21-9-6-10-28-21)25(27)34-23(15)19/h3-14,27-28H,2H2,1H3. The predicted octanol–water partition coefficient (Wildman–Crippen LogP) is 4.82. The zero-order valence-corrected chi connectivity index (χ0v) is 18.2. The lowest BCUT2D eigenvalue weighted by atomic mass is 10.0. The largest absolute Gasteiger partial charge is 0.463 e. The van der Waals surface area contributed by atoms with Gasteiger partial charge in [-0.3, -0.25) is 14.8 Å². The van der Waals surface area contributed by atoms with Crippen molar-refractivity contribution in [3.8, 4) is 28.3 Å². The van der Waals surface area contributed by atoms with Gasteiger partial charge >= 0.3 is 0 Å². The molecule has 0 atom stereocenters. The van der Waals surface area contributed by atoms with E-state index < -0.39 is 0 Å². The highest BCUT2D eigenvalue weighted by Crippen LogP contribution is 2.31. The molecule has 4 aromatic heterocycles. The van der Waals surface area contributed by atoms with Crippen LogP contribution >= 0.6 is 0 Å². The number of hydrogen-bond donors (Lipinski definition) is 2. The summed E-state index contributed by atoms with van der Waals surface area (Å²) >= 11 is 0. The van der Waals surface area contributed by atoms with Crippen molar-refractivity contribution in [1.29, 1.82) is 5.41 Å². The van der Waals surface area contributed by atoms with E-state index in [1.165, 1.54) is 6.26 Å². The Kier molecular flexibility index (Phi) is 4.51. The second-order valence-electron chi connectivity index (χ2n) is 7.92. The Labute approximate surface area is 192 Å². The van der Waals surface area contributed by atoms with E-state index in [0.29, 0.717) is 45.3 Å². The van der Waals surface area contributed by atoms with E-state index in [-0.39, 0.29) is 11.0 Å². The molecule has 0 aliphatic heterocycles. The number of nitrogens with one attached hydrogen (secondary N) is 2. The predicted molar refractivity (Wildman–Crippen MR) is 128 cm³/mol. The van der Waals surface area contributed by atoms with Crippen molar-refractivity contribution >= 4 is 21.9 Å². The van der Waals surface area contributed by atoms with Gasteiger partial charge in [0.15, 0.2) is 5.82 Å². The molecule has 0 saturated carbocycles. The molecule has 0 aliphatic carbocycles. The van der Waals surface area contributed by atoms with E-state index in [9.17, 15) is 4.79 Å². The number of para-hydroxylation sites is 1. The molecule has 8 heteroatoms. The molecular weight excluding hydrogens is 430 g/mol. The third-order valence-electron chi connectivity index (χ3n) is 5.96. The van der Waals surface area contributed by atoms with Crippen LogP contribution in [-0.2, 0) is 6.42 Å². The zero-order valence-electron chi connectivity index (χ0n) is 18.2. The topological polar surface area (TPSA) is 114 Å². The first-order valence-corrected chi connectivity index (χ1v) is 10.8. The summed E-state index contributed by atoms with van der Waals surface area (Å²) in [6, 6.07) is 16.9. The first-order valence-electron chi connectivity index (χ1n) is 10.8. The molecule has 0 aliphatic rings. The van der Waals surface area contributed by atoms with Gasteiger partial charge in [0.05, 0.1) is 22.0 Å². The van der Waals surface area contributed by atoms with Crippen LogP contribution in [0.15, 0.2) is 87.0 Å². The molecule has 6 rings (SSSR count). The maximum atomic E-state index is 13.7. The molecule has 0 saturated heterocycles. The van der Waals surface area contributed by atoms with Crippen LogP contribution in [0.5, 0.6) is 0 Å².